The fourth-order valence-corrected chi connectivity index (χ4v) is 4.69. The number of ether oxygens (including phenoxy) is 2. The van der Waals surface area contributed by atoms with Crippen LogP contribution in [0, 0.1) is 5.92 Å². The zero-order valence-corrected chi connectivity index (χ0v) is 15.4. The Balaban J connectivity index is 2.25. The third kappa shape index (κ3) is 4.93. The van der Waals surface area contributed by atoms with E-state index in [0.717, 1.165) is 19.3 Å². The zero-order valence-electron chi connectivity index (χ0n) is 14.6. The van der Waals surface area contributed by atoms with Crippen molar-refractivity contribution in [1.82, 2.24) is 4.31 Å². The van der Waals surface area contributed by atoms with Crippen LogP contribution in [-0.4, -0.2) is 57.7 Å². The van der Waals surface area contributed by atoms with E-state index in [1.54, 1.807) is 7.11 Å². The van der Waals surface area contributed by atoms with E-state index in [0.29, 0.717) is 36.9 Å². The second-order valence-corrected chi connectivity index (χ2v) is 8.14. The summed E-state index contributed by atoms with van der Waals surface area (Å²) in [6.45, 7) is 1.54. The first kappa shape index (κ1) is 19.7. The molecule has 0 saturated carbocycles. The molecule has 1 unspecified atom stereocenters. The zero-order chi connectivity index (χ0) is 18.4. The number of carboxylic acid groups (broad SMARTS) is 1. The van der Waals surface area contributed by atoms with Gasteiger partial charge in [-0.05, 0) is 43.4 Å². The number of hydrogen-bond acceptors (Lipinski definition) is 5. The van der Waals surface area contributed by atoms with Gasteiger partial charge in [0.2, 0.25) is 10.0 Å². The number of carboxylic acids is 1. The summed E-state index contributed by atoms with van der Waals surface area (Å²) < 4.78 is 37.7. The summed E-state index contributed by atoms with van der Waals surface area (Å²) in [6.07, 6.45) is 2.19. The Hall–Kier alpha value is -1.64. The first-order valence-electron chi connectivity index (χ1n) is 8.26. The lowest BCUT2D eigenvalue weighted by molar-refractivity contribution is -0.136. The van der Waals surface area contributed by atoms with Crippen LogP contribution in [0.2, 0.25) is 0 Å². The Morgan fingerprint density at radius 3 is 2.68 bits per heavy atom. The van der Waals surface area contributed by atoms with Gasteiger partial charge >= 0.3 is 5.97 Å². The number of benzene rings is 1. The fraction of sp³-hybridized carbons (Fsp3) is 0.588. The maximum atomic E-state index is 12.9. The minimum atomic E-state index is -3.66. The minimum Gasteiger partial charge on any atom is -0.496 e. The molecule has 8 heteroatoms. The fourth-order valence-electron chi connectivity index (χ4n) is 3.15. The molecule has 2 rings (SSSR count). The van der Waals surface area contributed by atoms with Gasteiger partial charge in [0.25, 0.3) is 0 Å². The number of hydrogen-bond donors (Lipinski definition) is 1. The second kappa shape index (κ2) is 8.64. The summed E-state index contributed by atoms with van der Waals surface area (Å²) in [5, 5.41) is 9.02. The summed E-state index contributed by atoms with van der Waals surface area (Å²) in [5.74, 6) is -0.300. The maximum Gasteiger partial charge on any atom is 0.307 e. The summed E-state index contributed by atoms with van der Waals surface area (Å²) >= 11 is 0. The van der Waals surface area contributed by atoms with Gasteiger partial charge < -0.3 is 14.6 Å². The average Bonchev–Trinajstić information content (AvgIpc) is 2.81. The van der Waals surface area contributed by atoms with E-state index in [4.69, 9.17) is 14.6 Å². The number of sulfonamides is 1. The molecule has 1 aromatic carbocycles. The van der Waals surface area contributed by atoms with E-state index in [1.807, 2.05) is 0 Å². The normalized spacial score (nSPS) is 19.4. The quantitative estimate of drug-likeness (QED) is 0.785. The molecule has 7 nitrogen and oxygen atoms in total. The van der Waals surface area contributed by atoms with Crippen molar-refractivity contribution in [3.8, 4) is 5.75 Å². The van der Waals surface area contributed by atoms with Crippen LogP contribution in [0.1, 0.15) is 24.8 Å². The molecule has 0 bridgehead atoms. The first-order chi connectivity index (χ1) is 11.9. The van der Waals surface area contributed by atoms with Gasteiger partial charge in [-0.1, -0.05) is 0 Å². The Kier molecular flexibility index (Phi) is 6.80. The monoisotopic (exact) mass is 371 g/mol. The van der Waals surface area contributed by atoms with Crippen molar-refractivity contribution in [2.75, 3.05) is 33.9 Å². The predicted octanol–water partition coefficient (Wildman–Crippen LogP) is 1.76. The van der Waals surface area contributed by atoms with Crippen LogP contribution >= 0.6 is 0 Å². The Morgan fingerprint density at radius 1 is 1.28 bits per heavy atom. The van der Waals surface area contributed by atoms with Gasteiger partial charge in [-0.15, -0.1) is 0 Å². The Labute approximate surface area is 148 Å². The van der Waals surface area contributed by atoms with Gasteiger partial charge in [-0.3, -0.25) is 4.79 Å². The van der Waals surface area contributed by atoms with Gasteiger partial charge in [-0.2, -0.15) is 4.31 Å². The van der Waals surface area contributed by atoms with Crippen LogP contribution < -0.4 is 4.74 Å². The summed E-state index contributed by atoms with van der Waals surface area (Å²) in [4.78, 5) is 11.1. The molecule has 1 heterocycles. The molecule has 140 valence electrons. The molecule has 0 radical (unpaired) electrons. The highest BCUT2D eigenvalue weighted by Gasteiger charge is 2.28. The lowest BCUT2D eigenvalue weighted by Gasteiger charge is -2.21. The van der Waals surface area contributed by atoms with Crippen LogP contribution in [0.5, 0.6) is 5.75 Å². The molecular weight excluding hydrogens is 346 g/mol. The molecule has 0 amide bonds. The van der Waals surface area contributed by atoms with Crippen molar-refractivity contribution in [2.45, 2.75) is 30.6 Å². The van der Waals surface area contributed by atoms with E-state index in [-0.39, 0.29) is 11.3 Å². The average molecular weight is 371 g/mol. The molecule has 1 fully saturated rings. The third-order valence-electron chi connectivity index (χ3n) is 4.44. The molecule has 1 aliphatic rings. The molecule has 1 saturated heterocycles. The van der Waals surface area contributed by atoms with Crippen molar-refractivity contribution in [3.63, 3.8) is 0 Å². The molecule has 0 aromatic heterocycles. The lowest BCUT2D eigenvalue weighted by Crippen LogP contribution is -2.32. The number of nitrogens with zero attached hydrogens (tertiary/aromatic N) is 1. The predicted molar refractivity (Wildman–Crippen MR) is 92.3 cm³/mol. The number of rotatable bonds is 7. The van der Waals surface area contributed by atoms with Crippen molar-refractivity contribution >= 4 is 16.0 Å². The lowest BCUT2D eigenvalue weighted by atomic mass is 10.0. The molecule has 1 atom stereocenters. The van der Waals surface area contributed by atoms with Gasteiger partial charge in [0.15, 0.2) is 0 Å². The van der Waals surface area contributed by atoms with Crippen LogP contribution in [0.4, 0.5) is 0 Å². The van der Waals surface area contributed by atoms with Crippen LogP contribution in [0.15, 0.2) is 23.1 Å². The first-order valence-corrected chi connectivity index (χ1v) is 9.70. The molecule has 0 aliphatic carbocycles. The molecule has 25 heavy (non-hydrogen) atoms. The van der Waals surface area contributed by atoms with E-state index >= 15 is 0 Å². The number of aliphatic carboxylic acids is 1. The highest BCUT2D eigenvalue weighted by Crippen LogP contribution is 2.27. The highest BCUT2D eigenvalue weighted by atomic mass is 32.2. The third-order valence-corrected chi connectivity index (χ3v) is 6.33. The number of carbonyl (C=O) groups is 1. The maximum absolute atomic E-state index is 12.9. The van der Waals surface area contributed by atoms with Gasteiger partial charge in [-0.25, -0.2) is 8.42 Å². The Bertz CT molecular complexity index is 703. The van der Waals surface area contributed by atoms with Gasteiger partial charge in [0.05, 0.1) is 18.4 Å². The van der Waals surface area contributed by atoms with Crippen LogP contribution in [0.3, 0.4) is 0 Å². The topological polar surface area (TPSA) is 93.1 Å². The standard InChI is InChI=1S/C17H25NO6S/c1-23-12-13-4-3-8-18(9-7-13)25(21,22)15-5-6-16(24-2)14(10-15)11-17(19)20/h5-6,10,13H,3-4,7-9,11-12H2,1-2H3,(H,19,20). The van der Waals surface area contributed by atoms with Crippen LogP contribution in [-0.2, 0) is 26.0 Å². The van der Waals surface area contributed by atoms with E-state index in [9.17, 15) is 13.2 Å². The van der Waals surface area contributed by atoms with Crippen molar-refractivity contribution in [3.05, 3.63) is 23.8 Å². The number of methoxy groups -OCH3 is 2. The van der Waals surface area contributed by atoms with Crippen molar-refractivity contribution < 1.29 is 27.8 Å². The Morgan fingerprint density at radius 2 is 2.04 bits per heavy atom. The minimum absolute atomic E-state index is 0.106. The van der Waals surface area contributed by atoms with Gasteiger partial charge in [0.1, 0.15) is 5.75 Å². The molecule has 1 aromatic rings. The summed E-state index contributed by atoms with van der Waals surface area (Å²) in [6, 6.07) is 4.38. The van der Waals surface area contributed by atoms with E-state index < -0.39 is 16.0 Å². The van der Waals surface area contributed by atoms with Crippen molar-refractivity contribution in [2.24, 2.45) is 5.92 Å². The SMILES string of the molecule is COCC1CCCN(S(=O)(=O)c2ccc(OC)c(CC(=O)O)c2)CC1. The molecular formula is C17H25NO6S. The van der Waals surface area contributed by atoms with E-state index in [1.165, 1.54) is 29.6 Å². The molecule has 1 N–H and O–H groups in total. The molecule has 1 aliphatic heterocycles. The van der Waals surface area contributed by atoms with E-state index in [2.05, 4.69) is 0 Å². The van der Waals surface area contributed by atoms with Gasteiger partial charge in [0, 0.05) is 32.4 Å². The summed E-state index contributed by atoms with van der Waals surface area (Å²) in [5.41, 5.74) is 0.350. The summed E-state index contributed by atoms with van der Waals surface area (Å²) in [7, 11) is -0.579. The highest BCUT2D eigenvalue weighted by molar-refractivity contribution is 7.89. The van der Waals surface area contributed by atoms with Crippen molar-refractivity contribution in [1.29, 1.82) is 0 Å². The largest absolute Gasteiger partial charge is 0.496 e. The second-order valence-electron chi connectivity index (χ2n) is 6.20. The molecule has 0 spiro atoms. The van der Waals surface area contributed by atoms with Crippen LogP contribution in [0.25, 0.3) is 0 Å². The smallest absolute Gasteiger partial charge is 0.307 e.